The van der Waals surface area contributed by atoms with Gasteiger partial charge < -0.3 is 9.13 Å². The summed E-state index contributed by atoms with van der Waals surface area (Å²) in [7, 11) is 0. The molecular weight excluding hydrogens is 685 g/mol. The minimum absolute atomic E-state index is 0.201. The summed E-state index contributed by atoms with van der Waals surface area (Å²) < 4.78 is 5.18. The Bertz CT molecular complexity index is 3180. The number of aryl methyl sites for hydroxylation is 5. The van der Waals surface area contributed by atoms with Crippen molar-refractivity contribution in [1.82, 2.24) is 24.1 Å². The van der Waals surface area contributed by atoms with Crippen LogP contribution < -0.4 is 0 Å². The zero-order chi connectivity index (χ0) is 37.1. The number of aromatic nitrogens is 5. The number of pyridine rings is 3. The minimum atomic E-state index is 0.201. The second-order valence-corrected chi connectivity index (χ2v) is 15.8. The van der Waals surface area contributed by atoms with E-state index in [2.05, 4.69) is 134 Å². The lowest BCUT2D eigenvalue weighted by Crippen LogP contribution is -2.18. The molecule has 0 saturated carbocycles. The molecule has 1 atom stereocenters. The molecule has 0 radical (unpaired) electrons. The maximum absolute atomic E-state index is 4.67. The minimum Gasteiger partial charge on any atom is -0.333 e. The molecule has 56 heavy (non-hydrogen) atoms. The Hall–Kier alpha value is -6.66. The molecule has 6 heterocycles. The van der Waals surface area contributed by atoms with Crippen molar-refractivity contribution in [1.29, 1.82) is 0 Å². The van der Waals surface area contributed by atoms with E-state index < -0.39 is 0 Å². The van der Waals surface area contributed by atoms with Gasteiger partial charge in [0.1, 0.15) is 0 Å². The molecule has 1 aliphatic heterocycles. The van der Waals surface area contributed by atoms with Crippen molar-refractivity contribution in [3.05, 3.63) is 156 Å². The van der Waals surface area contributed by atoms with Crippen LogP contribution in [-0.2, 0) is 25.7 Å². The van der Waals surface area contributed by atoms with Gasteiger partial charge >= 0.3 is 0 Å². The molecule has 0 spiro atoms. The maximum Gasteiger partial charge on any atom is 0.0592 e. The molecule has 9 aromatic rings. The summed E-state index contributed by atoms with van der Waals surface area (Å²) in [6.45, 7) is 4.25. The van der Waals surface area contributed by atoms with Crippen molar-refractivity contribution >= 4 is 49.3 Å². The predicted octanol–water partition coefficient (Wildman–Crippen LogP) is 11.5. The molecule has 5 aromatic heterocycles. The molecule has 0 bridgehead atoms. The fraction of sp³-hybridized carbons (Fsp3) is 0.160. The summed E-state index contributed by atoms with van der Waals surface area (Å²) in [6, 6.07) is 32.2. The Morgan fingerprint density at radius 2 is 1.16 bits per heavy atom. The lowest BCUT2D eigenvalue weighted by Gasteiger charge is -2.32. The monoisotopic (exact) mass is 722 g/mol. The van der Waals surface area contributed by atoms with Gasteiger partial charge in [0, 0.05) is 87.8 Å². The van der Waals surface area contributed by atoms with Gasteiger partial charge in [0.2, 0.25) is 0 Å². The summed E-state index contributed by atoms with van der Waals surface area (Å²) in [6.07, 6.45) is 18.8. The molecule has 0 saturated heterocycles. The Morgan fingerprint density at radius 3 is 1.80 bits per heavy atom. The molecule has 0 fully saturated rings. The van der Waals surface area contributed by atoms with Crippen molar-refractivity contribution in [3.8, 4) is 39.1 Å². The predicted molar refractivity (Wildman–Crippen MR) is 229 cm³/mol. The van der Waals surface area contributed by atoms with Crippen molar-refractivity contribution in [2.75, 3.05) is 0 Å². The summed E-state index contributed by atoms with van der Waals surface area (Å²) in [5.41, 5.74) is 22.3. The van der Waals surface area contributed by atoms with Gasteiger partial charge in [-0.25, -0.2) is 0 Å². The molecule has 268 valence electrons. The summed E-state index contributed by atoms with van der Waals surface area (Å²) in [5.74, 6) is 0. The zero-order valence-corrected chi connectivity index (χ0v) is 31.4. The van der Waals surface area contributed by atoms with E-state index in [0.717, 1.165) is 43.5 Å². The van der Waals surface area contributed by atoms with E-state index >= 15 is 0 Å². The number of rotatable bonds is 4. The van der Waals surface area contributed by atoms with Crippen LogP contribution in [0.5, 0.6) is 0 Å². The number of hydrogen-bond donors (Lipinski definition) is 0. The highest BCUT2D eigenvalue weighted by molar-refractivity contribution is 6.16. The van der Waals surface area contributed by atoms with Crippen LogP contribution in [0.25, 0.3) is 82.7 Å². The fourth-order valence-electron chi connectivity index (χ4n) is 10.3. The fourth-order valence-corrected chi connectivity index (χ4v) is 10.3. The molecule has 6 nitrogen and oxygen atoms in total. The second kappa shape index (κ2) is 11.9. The molecule has 6 heteroatoms. The van der Waals surface area contributed by atoms with Gasteiger partial charge in [-0.2, -0.15) is 0 Å². The van der Waals surface area contributed by atoms with E-state index in [9.17, 15) is 0 Å². The van der Waals surface area contributed by atoms with Crippen LogP contribution in [0.2, 0.25) is 0 Å². The highest BCUT2D eigenvalue weighted by Gasteiger charge is 2.33. The zero-order valence-electron chi connectivity index (χ0n) is 31.4. The van der Waals surface area contributed by atoms with Crippen molar-refractivity contribution in [2.24, 2.45) is 4.99 Å². The van der Waals surface area contributed by atoms with Gasteiger partial charge in [0.15, 0.2) is 0 Å². The Balaban J connectivity index is 1.16. The lowest BCUT2D eigenvalue weighted by molar-refractivity contribution is 0.657. The van der Waals surface area contributed by atoms with Crippen LogP contribution in [0.4, 0.5) is 0 Å². The van der Waals surface area contributed by atoms with Crippen LogP contribution in [0.3, 0.4) is 0 Å². The second-order valence-electron chi connectivity index (χ2n) is 15.8. The average molecular weight is 723 g/mol. The highest BCUT2D eigenvalue weighted by Crippen LogP contribution is 2.52. The van der Waals surface area contributed by atoms with Gasteiger partial charge in [0.25, 0.3) is 0 Å². The van der Waals surface area contributed by atoms with Crippen molar-refractivity contribution in [2.45, 2.75) is 52.0 Å². The molecule has 1 unspecified atom stereocenters. The van der Waals surface area contributed by atoms with Gasteiger partial charge in [-0.15, -0.1) is 0 Å². The third kappa shape index (κ3) is 4.56. The average Bonchev–Trinajstić information content (AvgIpc) is 3.75. The highest BCUT2D eigenvalue weighted by atomic mass is 15.0. The van der Waals surface area contributed by atoms with Crippen LogP contribution in [0, 0.1) is 6.92 Å². The normalized spacial score (nSPS) is 15.9. The van der Waals surface area contributed by atoms with Crippen molar-refractivity contribution in [3.63, 3.8) is 0 Å². The molecule has 12 rings (SSSR count). The Morgan fingerprint density at radius 1 is 0.554 bits per heavy atom. The Kier molecular flexibility index (Phi) is 6.74. The first-order chi connectivity index (χ1) is 27.6. The number of aliphatic imine (C=N–C) groups is 1. The Labute approximate surface area is 324 Å². The van der Waals surface area contributed by atoms with Crippen LogP contribution >= 0.6 is 0 Å². The molecule has 0 N–H and O–H groups in total. The van der Waals surface area contributed by atoms with E-state index in [1.807, 2.05) is 37.2 Å². The molecule has 2 aliphatic carbocycles. The summed E-state index contributed by atoms with van der Waals surface area (Å²) >= 11 is 0. The smallest absolute Gasteiger partial charge is 0.0592 e. The van der Waals surface area contributed by atoms with Gasteiger partial charge in [-0.1, -0.05) is 12.1 Å². The van der Waals surface area contributed by atoms with Gasteiger partial charge in [-0.05, 0) is 174 Å². The lowest BCUT2D eigenvalue weighted by atomic mass is 9.74. The number of nitrogens with zero attached hydrogens (tertiary/aromatic N) is 6. The topological polar surface area (TPSA) is 60.9 Å². The molecular formula is C50H38N6. The first-order valence-electron chi connectivity index (χ1n) is 19.8. The first-order valence-corrected chi connectivity index (χ1v) is 19.8. The SMILES string of the molecule is CC1=NC=CC(n2c3ccc(-c4ccncc4)cc3c3cc4c5c(c32)CCc2cc3c6cc(-c7ccncc7)ccc6n(-c6ccnc(C)c6)c3c(c2-5)CC4)C1. The van der Waals surface area contributed by atoms with Crippen molar-refractivity contribution < 1.29 is 0 Å². The maximum atomic E-state index is 4.67. The number of allylic oxidation sites excluding steroid dienone is 1. The third-order valence-corrected chi connectivity index (χ3v) is 12.6. The largest absolute Gasteiger partial charge is 0.333 e. The third-order valence-electron chi connectivity index (χ3n) is 12.6. The van der Waals surface area contributed by atoms with E-state index in [4.69, 9.17) is 0 Å². The molecule has 0 amide bonds. The van der Waals surface area contributed by atoms with E-state index in [-0.39, 0.29) is 6.04 Å². The number of hydrogen-bond acceptors (Lipinski definition) is 4. The number of fused-ring (bicyclic) bond motifs is 8. The van der Waals surface area contributed by atoms with Crippen LogP contribution in [0.15, 0.2) is 133 Å². The quantitative estimate of drug-likeness (QED) is 0.182. The van der Waals surface area contributed by atoms with Gasteiger partial charge in [-0.3, -0.25) is 19.9 Å². The van der Waals surface area contributed by atoms with E-state index in [0.29, 0.717) is 0 Å². The van der Waals surface area contributed by atoms with E-state index in [1.165, 1.54) is 105 Å². The van der Waals surface area contributed by atoms with E-state index in [1.54, 1.807) is 0 Å². The standard InChI is InChI=1S/C50H38N6/c1-29-23-37(15-21-53-29)55-45-9-5-33(31-11-17-51-18-12-31)25-41(45)43-27-35-4-8-40-48-36(3-7-39(47(35)48)49(43)55)28-44-42-26-34(32-13-19-52-20-14-32)6-10-46(42)56(50(40)44)38-16-22-54-30(2)24-38/h5-6,9-23,25-28,38H,3-4,7-8,24H2,1-2H3. The summed E-state index contributed by atoms with van der Waals surface area (Å²) in [4.78, 5) is 17.9. The first kappa shape index (κ1) is 31.7. The molecule has 4 aromatic carbocycles. The summed E-state index contributed by atoms with van der Waals surface area (Å²) in [5, 5.41) is 5.33. The number of benzene rings is 4. The molecule has 3 aliphatic rings. The van der Waals surface area contributed by atoms with Crippen LogP contribution in [0.1, 0.15) is 47.3 Å². The van der Waals surface area contributed by atoms with Crippen LogP contribution in [-0.4, -0.2) is 29.8 Å². The van der Waals surface area contributed by atoms with Gasteiger partial charge in [0.05, 0.1) is 22.6 Å².